The van der Waals surface area contributed by atoms with Gasteiger partial charge in [-0.1, -0.05) is 24.3 Å². The Morgan fingerprint density at radius 2 is 1.74 bits per heavy atom. The average Bonchev–Trinajstić information content (AvgIpc) is 3.00. The van der Waals surface area contributed by atoms with E-state index in [-0.39, 0.29) is 58.3 Å². The fraction of sp³-hybridized carbons (Fsp3) is 0.161. The Hall–Kier alpha value is -5.50. The summed E-state index contributed by atoms with van der Waals surface area (Å²) in [5.41, 5.74) is 8.04. The van der Waals surface area contributed by atoms with Crippen LogP contribution in [0.15, 0.2) is 66.7 Å². The second-order valence-electron chi connectivity index (χ2n) is 9.11. The van der Waals surface area contributed by atoms with E-state index >= 15 is 4.39 Å². The lowest BCUT2D eigenvalue weighted by Crippen LogP contribution is -2.29. The van der Waals surface area contributed by atoms with Crippen molar-refractivity contribution < 1.29 is 32.6 Å². The van der Waals surface area contributed by atoms with Crippen LogP contribution < -0.4 is 20.1 Å². The number of ether oxygens (including phenoxy) is 3. The number of nitrogens with zero attached hydrogens (tertiary/aromatic N) is 3. The maximum Gasteiger partial charge on any atom is 0.338 e. The summed E-state index contributed by atoms with van der Waals surface area (Å²) in [4.78, 5) is 30.8. The third kappa shape index (κ3) is 6.45. The summed E-state index contributed by atoms with van der Waals surface area (Å²) in [7, 11) is 4.06. The van der Waals surface area contributed by atoms with Crippen molar-refractivity contribution in [2.45, 2.75) is 13.0 Å². The number of carbonyl (C=O) groups is 2. The molecule has 0 unspecified atom stereocenters. The molecule has 9 nitrogen and oxygen atoms in total. The van der Waals surface area contributed by atoms with Gasteiger partial charge >= 0.3 is 5.97 Å². The van der Waals surface area contributed by atoms with Crippen LogP contribution in [0.25, 0.3) is 11.3 Å². The van der Waals surface area contributed by atoms with Crippen molar-refractivity contribution in [2.24, 2.45) is 0 Å². The summed E-state index contributed by atoms with van der Waals surface area (Å²) in [6.07, 6.45) is -0.292. The van der Waals surface area contributed by atoms with E-state index in [0.29, 0.717) is 11.3 Å². The molecule has 0 aliphatic carbocycles. The molecule has 0 saturated carbocycles. The number of benzene rings is 3. The van der Waals surface area contributed by atoms with E-state index < -0.39 is 23.5 Å². The van der Waals surface area contributed by atoms with E-state index in [1.54, 1.807) is 24.3 Å². The van der Waals surface area contributed by atoms with Gasteiger partial charge in [0.1, 0.15) is 24.0 Å². The van der Waals surface area contributed by atoms with Gasteiger partial charge in [0, 0.05) is 24.2 Å². The van der Waals surface area contributed by atoms with Crippen LogP contribution in [0, 0.1) is 23.0 Å². The molecule has 0 aliphatic heterocycles. The van der Waals surface area contributed by atoms with E-state index in [0.717, 1.165) is 6.07 Å². The second kappa shape index (κ2) is 12.8. The highest BCUT2D eigenvalue weighted by Crippen LogP contribution is 2.34. The number of pyridine rings is 1. The van der Waals surface area contributed by atoms with Crippen LogP contribution in [-0.2, 0) is 22.6 Å². The summed E-state index contributed by atoms with van der Waals surface area (Å²) in [6, 6.07) is 18.0. The van der Waals surface area contributed by atoms with E-state index in [1.165, 1.54) is 62.6 Å². The molecule has 42 heavy (non-hydrogen) atoms. The van der Waals surface area contributed by atoms with E-state index in [1.807, 2.05) is 6.07 Å². The fourth-order valence-electron chi connectivity index (χ4n) is 4.10. The minimum absolute atomic E-state index is 0.115. The van der Waals surface area contributed by atoms with Crippen molar-refractivity contribution in [3.05, 3.63) is 101 Å². The molecule has 2 N–H and O–H groups in total. The van der Waals surface area contributed by atoms with Gasteiger partial charge in [0.25, 0.3) is 0 Å². The Balaban J connectivity index is 1.49. The quantitative estimate of drug-likeness (QED) is 0.218. The van der Waals surface area contributed by atoms with Gasteiger partial charge in [-0.05, 0) is 42.0 Å². The van der Waals surface area contributed by atoms with Gasteiger partial charge < -0.3 is 24.8 Å². The highest BCUT2D eigenvalue weighted by Gasteiger charge is 2.21. The van der Waals surface area contributed by atoms with E-state index in [2.05, 4.69) is 4.98 Å². The first-order chi connectivity index (χ1) is 20.1. The summed E-state index contributed by atoms with van der Waals surface area (Å²) >= 11 is 0. The zero-order valence-corrected chi connectivity index (χ0v) is 23.0. The van der Waals surface area contributed by atoms with Gasteiger partial charge in [-0.15, -0.1) is 0 Å². The number of nitrogen functional groups attached to an aromatic ring is 1. The van der Waals surface area contributed by atoms with Gasteiger partial charge in [0.15, 0.2) is 0 Å². The molecule has 214 valence electrons. The number of hydrogen-bond acceptors (Lipinski definition) is 8. The number of nitriles is 1. The summed E-state index contributed by atoms with van der Waals surface area (Å²) in [6.45, 7) is -0.115. The lowest BCUT2D eigenvalue weighted by molar-refractivity contribution is -0.117. The number of carbonyl (C=O) groups excluding carboxylic acids is 2. The van der Waals surface area contributed by atoms with Crippen LogP contribution in [0.3, 0.4) is 0 Å². The van der Waals surface area contributed by atoms with Crippen LogP contribution in [0.2, 0.25) is 0 Å². The first-order valence-corrected chi connectivity index (χ1v) is 12.5. The number of rotatable bonds is 9. The zero-order valence-electron chi connectivity index (χ0n) is 23.0. The lowest BCUT2D eigenvalue weighted by atomic mass is 10.0. The maximum absolute atomic E-state index is 15.2. The molecule has 1 aromatic heterocycles. The predicted molar refractivity (Wildman–Crippen MR) is 151 cm³/mol. The van der Waals surface area contributed by atoms with Crippen LogP contribution in [0.4, 0.5) is 20.2 Å². The lowest BCUT2D eigenvalue weighted by Gasteiger charge is -2.22. The third-order valence-electron chi connectivity index (χ3n) is 6.47. The molecule has 0 atom stereocenters. The summed E-state index contributed by atoms with van der Waals surface area (Å²) in [5, 5.41) is 8.89. The monoisotopic (exact) mass is 572 g/mol. The fourth-order valence-corrected chi connectivity index (χ4v) is 4.10. The number of halogens is 2. The molecule has 4 rings (SSSR count). The van der Waals surface area contributed by atoms with E-state index in [9.17, 15) is 14.0 Å². The predicted octanol–water partition coefficient (Wildman–Crippen LogP) is 5.06. The number of hydrogen-bond donors (Lipinski definition) is 1. The molecule has 1 heterocycles. The number of esters is 1. The highest BCUT2D eigenvalue weighted by atomic mass is 19.1. The number of amides is 1. The molecule has 0 spiro atoms. The topological polar surface area (TPSA) is 128 Å². The molecule has 0 bridgehead atoms. The first kappa shape index (κ1) is 29.5. The van der Waals surface area contributed by atoms with Gasteiger partial charge in [-0.25, -0.2) is 18.6 Å². The largest absolute Gasteiger partial charge is 0.494 e. The third-order valence-corrected chi connectivity index (χ3v) is 6.47. The number of anilines is 2. The normalized spacial score (nSPS) is 10.5. The molecule has 0 fully saturated rings. The zero-order chi connectivity index (χ0) is 30.4. The molecular weight excluding hydrogens is 546 g/mol. The van der Waals surface area contributed by atoms with Crippen molar-refractivity contribution in [3.8, 4) is 29.0 Å². The molecule has 0 aliphatic rings. The number of nitrogens with two attached hydrogens (primary N) is 1. The molecule has 4 aromatic rings. The Kier molecular flexibility index (Phi) is 8.97. The average molecular weight is 573 g/mol. The minimum atomic E-state index is -0.637. The van der Waals surface area contributed by atoms with Gasteiger partial charge in [0.05, 0.1) is 54.9 Å². The minimum Gasteiger partial charge on any atom is -0.494 e. The molecule has 11 heteroatoms. The number of likely N-dealkylation sites (N-methyl/N-ethyl adjacent to an activating group) is 1. The van der Waals surface area contributed by atoms with Crippen molar-refractivity contribution in [3.63, 3.8) is 0 Å². The smallest absolute Gasteiger partial charge is 0.338 e. The molecule has 1 amide bonds. The van der Waals surface area contributed by atoms with Crippen LogP contribution in [-0.4, -0.2) is 38.1 Å². The Morgan fingerprint density at radius 3 is 2.40 bits per heavy atom. The highest BCUT2D eigenvalue weighted by molar-refractivity contribution is 6.01. The van der Waals surface area contributed by atoms with E-state index in [4.69, 9.17) is 25.2 Å². The summed E-state index contributed by atoms with van der Waals surface area (Å²) < 4.78 is 44.9. The Labute approximate surface area is 240 Å². The van der Waals surface area contributed by atoms with Gasteiger partial charge in [0.2, 0.25) is 11.8 Å². The Bertz CT molecular complexity index is 1700. The molecule has 0 saturated heterocycles. The number of methoxy groups -OCH3 is 2. The number of aromatic nitrogens is 1. The first-order valence-electron chi connectivity index (χ1n) is 12.5. The van der Waals surface area contributed by atoms with Crippen LogP contribution >= 0.6 is 0 Å². The van der Waals surface area contributed by atoms with Crippen molar-refractivity contribution in [2.75, 3.05) is 31.9 Å². The molecule has 0 radical (unpaired) electrons. The summed E-state index contributed by atoms with van der Waals surface area (Å²) in [5.74, 6) is -1.94. The second-order valence-corrected chi connectivity index (χ2v) is 9.11. The van der Waals surface area contributed by atoms with Gasteiger partial charge in [-0.2, -0.15) is 5.26 Å². The SMILES string of the molecule is COC(=O)c1cc(OC)c(N)c(N(C)C(=O)Cc2ccc(-c3cccc(OCc4ccc(C#N)cc4F)n3)cc2F)c1. The Morgan fingerprint density at radius 1 is 1.00 bits per heavy atom. The molecule has 3 aromatic carbocycles. The van der Waals surface area contributed by atoms with Crippen LogP contribution in [0.5, 0.6) is 11.6 Å². The standard InChI is InChI=1S/C31H26F2N4O5/c1-37(26-13-22(31(39)41-3)14-27(40-2)30(26)35)29(38)15-19-9-10-20(12-24(19)33)25-5-4-6-28(36-25)42-17-21-8-7-18(16-34)11-23(21)32/h4-14H,15,17,35H2,1-3H3. The maximum atomic E-state index is 15.2. The van der Waals surface area contributed by atoms with Crippen LogP contribution in [0.1, 0.15) is 27.0 Å². The van der Waals surface area contributed by atoms with Crippen molar-refractivity contribution >= 4 is 23.3 Å². The van der Waals surface area contributed by atoms with Gasteiger partial charge in [-0.3, -0.25) is 4.79 Å². The molecular formula is C31H26F2N4O5. The van der Waals surface area contributed by atoms with Crippen molar-refractivity contribution in [1.82, 2.24) is 4.98 Å². The van der Waals surface area contributed by atoms with Crippen molar-refractivity contribution in [1.29, 1.82) is 5.26 Å².